The Labute approximate surface area is 256 Å². The van der Waals surface area contributed by atoms with Crippen LogP contribution in [0.25, 0.3) is 0 Å². The smallest absolute Gasteiger partial charge is 0.322 e. The fourth-order valence-electron chi connectivity index (χ4n) is 5.63. The first-order chi connectivity index (χ1) is 21.5. The van der Waals surface area contributed by atoms with Crippen molar-refractivity contribution in [3.05, 3.63) is 137 Å². The first-order valence-corrected chi connectivity index (χ1v) is 14.6. The molecule has 0 spiro atoms. The molecule has 3 heterocycles. The molecule has 6 rings (SSSR count). The van der Waals surface area contributed by atoms with Gasteiger partial charge in [-0.3, -0.25) is 19.5 Å². The Hall–Kier alpha value is -5.44. The maximum atomic E-state index is 14.3. The van der Waals surface area contributed by atoms with E-state index in [0.29, 0.717) is 47.7 Å². The van der Waals surface area contributed by atoms with E-state index < -0.39 is 12.1 Å². The van der Waals surface area contributed by atoms with Gasteiger partial charge in [-0.05, 0) is 47.5 Å². The summed E-state index contributed by atoms with van der Waals surface area (Å²) in [4.78, 5) is 48.5. The summed E-state index contributed by atoms with van der Waals surface area (Å²) >= 11 is 0. The minimum Gasteiger partial charge on any atom is -0.457 e. The Morgan fingerprint density at radius 1 is 0.955 bits per heavy atom. The molecule has 0 radical (unpaired) electrons. The SMILES string of the molecule is CN1C(=O)N[C@H](c2cccc(Oc3ccccc3)c2)C2=C1CN([C@H](Cc1ccccc1)C(=O)NCCc1ccccn1)C2=O. The third-order valence-electron chi connectivity index (χ3n) is 7.92. The van der Waals surface area contributed by atoms with Gasteiger partial charge in [-0.1, -0.05) is 66.7 Å². The van der Waals surface area contributed by atoms with E-state index in [9.17, 15) is 14.4 Å². The van der Waals surface area contributed by atoms with Crippen LogP contribution in [0.2, 0.25) is 0 Å². The number of hydrogen-bond donors (Lipinski definition) is 2. The molecule has 222 valence electrons. The summed E-state index contributed by atoms with van der Waals surface area (Å²) in [5, 5.41) is 6.00. The van der Waals surface area contributed by atoms with Crippen molar-refractivity contribution in [2.75, 3.05) is 20.1 Å². The van der Waals surface area contributed by atoms with E-state index in [1.54, 1.807) is 18.1 Å². The third-order valence-corrected chi connectivity index (χ3v) is 7.92. The van der Waals surface area contributed by atoms with Gasteiger partial charge in [-0.15, -0.1) is 0 Å². The molecule has 2 aliphatic rings. The predicted molar refractivity (Wildman–Crippen MR) is 166 cm³/mol. The van der Waals surface area contributed by atoms with E-state index in [-0.39, 0.29) is 24.4 Å². The maximum absolute atomic E-state index is 14.3. The molecule has 2 N–H and O–H groups in total. The lowest BCUT2D eigenvalue weighted by atomic mass is 9.95. The van der Waals surface area contributed by atoms with Crippen LogP contribution in [-0.2, 0) is 22.4 Å². The minimum atomic E-state index is -0.781. The van der Waals surface area contributed by atoms with Gasteiger partial charge < -0.3 is 20.3 Å². The number of hydrogen-bond acceptors (Lipinski definition) is 5. The molecule has 1 aromatic heterocycles. The number of nitrogens with one attached hydrogen (secondary N) is 2. The normalized spacial score (nSPS) is 16.8. The minimum absolute atomic E-state index is 0.139. The molecule has 2 aliphatic heterocycles. The van der Waals surface area contributed by atoms with Crippen LogP contribution in [0.1, 0.15) is 22.9 Å². The third kappa shape index (κ3) is 6.17. The van der Waals surface area contributed by atoms with E-state index in [1.807, 2.05) is 103 Å². The van der Waals surface area contributed by atoms with Gasteiger partial charge in [0.25, 0.3) is 5.91 Å². The van der Waals surface area contributed by atoms with Crippen LogP contribution in [-0.4, -0.2) is 58.8 Å². The Kier molecular flexibility index (Phi) is 8.36. The number of para-hydroxylation sites is 1. The van der Waals surface area contributed by atoms with Gasteiger partial charge in [0.2, 0.25) is 5.91 Å². The molecule has 0 bridgehead atoms. The number of carbonyl (C=O) groups is 3. The summed E-state index contributed by atoms with van der Waals surface area (Å²) in [6.07, 6.45) is 2.62. The molecule has 0 saturated carbocycles. The van der Waals surface area contributed by atoms with Crippen molar-refractivity contribution in [1.29, 1.82) is 0 Å². The first kappa shape index (κ1) is 28.7. The standard InChI is InChI=1S/C35H33N5O4/c1-39-30-23-40(29(21-24-11-4-2-5-12-24)33(41)37-20-18-26-14-8-9-19-36-26)34(42)31(30)32(38-35(39)43)25-13-10-17-28(22-25)44-27-15-6-3-7-16-27/h2-17,19,22,29,32H,18,20-21,23H2,1H3,(H,37,41)(H,38,43)/t29-,32-/m1/s1. The highest BCUT2D eigenvalue weighted by Crippen LogP contribution is 2.38. The zero-order valence-electron chi connectivity index (χ0n) is 24.4. The zero-order valence-corrected chi connectivity index (χ0v) is 24.4. The lowest BCUT2D eigenvalue weighted by molar-refractivity contribution is -0.136. The van der Waals surface area contributed by atoms with Gasteiger partial charge in [-0.25, -0.2) is 4.79 Å². The van der Waals surface area contributed by atoms with Crippen LogP contribution in [0.3, 0.4) is 0 Å². The Balaban J connectivity index is 1.26. The van der Waals surface area contributed by atoms with Gasteiger partial charge in [0, 0.05) is 38.3 Å². The fourth-order valence-corrected chi connectivity index (χ4v) is 5.63. The number of ether oxygens (including phenoxy) is 1. The van der Waals surface area contributed by atoms with Crippen molar-refractivity contribution < 1.29 is 19.1 Å². The van der Waals surface area contributed by atoms with Crippen LogP contribution in [0, 0.1) is 0 Å². The van der Waals surface area contributed by atoms with Gasteiger partial charge in [0.15, 0.2) is 0 Å². The molecule has 0 unspecified atom stereocenters. The van der Waals surface area contributed by atoms with Gasteiger partial charge in [0.05, 0.1) is 23.9 Å². The van der Waals surface area contributed by atoms with Gasteiger partial charge >= 0.3 is 6.03 Å². The summed E-state index contributed by atoms with van der Waals surface area (Å²) in [5.74, 6) is 0.722. The van der Waals surface area contributed by atoms with Crippen molar-refractivity contribution in [2.24, 2.45) is 0 Å². The first-order valence-electron chi connectivity index (χ1n) is 14.6. The van der Waals surface area contributed by atoms with Crippen molar-refractivity contribution in [1.82, 2.24) is 25.4 Å². The lowest BCUT2D eigenvalue weighted by Gasteiger charge is -2.31. The largest absolute Gasteiger partial charge is 0.457 e. The predicted octanol–water partition coefficient (Wildman–Crippen LogP) is 4.64. The molecule has 0 aliphatic carbocycles. The molecular formula is C35H33N5O4. The van der Waals surface area contributed by atoms with Crippen LogP contribution in [0.4, 0.5) is 4.79 Å². The second-order valence-corrected chi connectivity index (χ2v) is 10.8. The molecule has 9 heteroatoms. The quantitative estimate of drug-likeness (QED) is 0.282. The molecule has 0 saturated heterocycles. The summed E-state index contributed by atoms with van der Waals surface area (Å²) in [6, 6.07) is 30.3. The van der Waals surface area contributed by atoms with Crippen LogP contribution >= 0.6 is 0 Å². The molecule has 0 fully saturated rings. The number of aromatic nitrogens is 1. The molecule has 2 atom stereocenters. The zero-order chi connectivity index (χ0) is 30.5. The monoisotopic (exact) mass is 587 g/mol. The number of carbonyl (C=O) groups excluding carboxylic acids is 3. The number of urea groups is 1. The number of likely N-dealkylation sites (N-methyl/N-ethyl adjacent to an activating group) is 1. The second-order valence-electron chi connectivity index (χ2n) is 10.8. The number of nitrogens with zero attached hydrogens (tertiary/aromatic N) is 3. The van der Waals surface area contributed by atoms with E-state index in [1.165, 1.54) is 4.90 Å². The lowest BCUT2D eigenvalue weighted by Crippen LogP contribution is -2.50. The molecule has 4 aromatic rings. The Morgan fingerprint density at radius 2 is 1.68 bits per heavy atom. The number of pyridine rings is 1. The Morgan fingerprint density at radius 3 is 2.43 bits per heavy atom. The van der Waals surface area contributed by atoms with Crippen molar-refractivity contribution in [2.45, 2.75) is 24.9 Å². The van der Waals surface area contributed by atoms with Crippen molar-refractivity contribution in [3.63, 3.8) is 0 Å². The van der Waals surface area contributed by atoms with E-state index in [0.717, 1.165) is 11.3 Å². The average Bonchev–Trinajstić information content (AvgIpc) is 3.40. The van der Waals surface area contributed by atoms with Crippen LogP contribution in [0.15, 0.2) is 121 Å². The number of benzene rings is 3. The number of amides is 4. The topological polar surface area (TPSA) is 104 Å². The highest BCUT2D eigenvalue weighted by atomic mass is 16.5. The molecule has 3 aromatic carbocycles. The van der Waals surface area contributed by atoms with Gasteiger partial charge in [-0.2, -0.15) is 0 Å². The fraction of sp³-hybridized carbons (Fsp3) is 0.200. The summed E-state index contributed by atoms with van der Waals surface area (Å²) < 4.78 is 6.03. The summed E-state index contributed by atoms with van der Waals surface area (Å²) in [5.41, 5.74) is 3.54. The van der Waals surface area contributed by atoms with Crippen LogP contribution < -0.4 is 15.4 Å². The average molecular weight is 588 g/mol. The molecule has 44 heavy (non-hydrogen) atoms. The maximum Gasteiger partial charge on any atom is 0.322 e. The van der Waals surface area contributed by atoms with E-state index in [2.05, 4.69) is 15.6 Å². The Bertz CT molecular complexity index is 1680. The molecule has 9 nitrogen and oxygen atoms in total. The van der Waals surface area contributed by atoms with Gasteiger partial charge in [0.1, 0.15) is 17.5 Å². The highest BCUT2D eigenvalue weighted by Gasteiger charge is 2.46. The van der Waals surface area contributed by atoms with E-state index >= 15 is 0 Å². The summed E-state index contributed by atoms with van der Waals surface area (Å²) in [6.45, 7) is 0.521. The van der Waals surface area contributed by atoms with Crippen LogP contribution in [0.5, 0.6) is 11.5 Å². The molecule has 4 amide bonds. The highest BCUT2D eigenvalue weighted by molar-refractivity contribution is 6.03. The molecular weight excluding hydrogens is 554 g/mol. The van der Waals surface area contributed by atoms with Crippen molar-refractivity contribution >= 4 is 17.8 Å². The number of rotatable bonds is 10. The summed E-state index contributed by atoms with van der Waals surface area (Å²) in [7, 11) is 1.64. The van der Waals surface area contributed by atoms with E-state index in [4.69, 9.17) is 4.74 Å². The van der Waals surface area contributed by atoms with Crippen molar-refractivity contribution in [3.8, 4) is 11.5 Å². The second kappa shape index (κ2) is 12.8.